The molecule has 0 N–H and O–H groups in total. The van der Waals surface area contributed by atoms with Crippen molar-refractivity contribution in [2.24, 2.45) is 4.99 Å². The van der Waals surface area contributed by atoms with Crippen molar-refractivity contribution in [3.8, 4) is 11.5 Å². The van der Waals surface area contributed by atoms with Gasteiger partial charge in [0.05, 0.1) is 37.1 Å². The van der Waals surface area contributed by atoms with Crippen LogP contribution in [0.1, 0.15) is 10.4 Å². The maximum absolute atomic E-state index is 12.9. The lowest BCUT2D eigenvalue weighted by atomic mass is 10.2. The van der Waals surface area contributed by atoms with Gasteiger partial charge in [0.25, 0.3) is 5.91 Å². The first kappa shape index (κ1) is 20.1. The number of ether oxygens (including phenoxy) is 3. The van der Waals surface area contributed by atoms with Crippen LogP contribution in [0.5, 0.6) is 11.5 Å². The topological polar surface area (TPSA) is 79.1 Å². The predicted octanol–water partition coefficient (Wildman–Crippen LogP) is 3.40. The predicted molar refractivity (Wildman–Crippen MR) is 109 cm³/mol. The number of fused-ring (bicyclic) bond motifs is 1. The van der Waals surface area contributed by atoms with E-state index in [4.69, 9.17) is 14.2 Å². The van der Waals surface area contributed by atoms with Crippen molar-refractivity contribution in [1.29, 1.82) is 0 Å². The molecule has 28 heavy (non-hydrogen) atoms. The number of hydrogen-bond acceptors (Lipinski definition) is 6. The van der Waals surface area contributed by atoms with Crippen molar-refractivity contribution < 1.29 is 23.8 Å². The van der Waals surface area contributed by atoms with Crippen LogP contribution < -0.4 is 14.3 Å². The van der Waals surface area contributed by atoms with Gasteiger partial charge in [-0.05, 0) is 30.3 Å². The molecule has 3 aromatic rings. The van der Waals surface area contributed by atoms with Gasteiger partial charge in [-0.1, -0.05) is 33.3 Å². The minimum absolute atomic E-state index is 0.0561. The zero-order chi connectivity index (χ0) is 20.3. The van der Waals surface area contributed by atoms with E-state index in [1.807, 2.05) is 18.2 Å². The number of amides is 1. The summed E-state index contributed by atoms with van der Waals surface area (Å²) in [5.41, 5.74) is 1.05. The fourth-order valence-corrected chi connectivity index (χ4v) is 4.26. The molecule has 0 aliphatic carbocycles. The van der Waals surface area contributed by atoms with Crippen LogP contribution in [0.15, 0.2) is 45.9 Å². The second-order valence-electron chi connectivity index (χ2n) is 5.62. The number of halogens is 1. The average Bonchev–Trinajstić information content (AvgIpc) is 3.02. The SMILES string of the molecule is COC(=O)Cn1c(=NC(=O)c2cccc(OC)c2OC)sc2cc(Br)ccc21. The summed E-state index contributed by atoms with van der Waals surface area (Å²) < 4.78 is 18.8. The van der Waals surface area contributed by atoms with E-state index in [0.717, 1.165) is 14.7 Å². The van der Waals surface area contributed by atoms with E-state index in [2.05, 4.69) is 20.9 Å². The third-order valence-corrected chi connectivity index (χ3v) is 5.52. The van der Waals surface area contributed by atoms with Crippen LogP contribution in [0.4, 0.5) is 0 Å². The van der Waals surface area contributed by atoms with Crippen LogP contribution >= 0.6 is 27.3 Å². The Morgan fingerprint density at radius 1 is 1.14 bits per heavy atom. The van der Waals surface area contributed by atoms with Crippen molar-refractivity contribution in [2.75, 3.05) is 21.3 Å². The lowest BCUT2D eigenvalue weighted by molar-refractivity contribution is -0.141. The molecule has 0 bridgehead atoms. The summed E-state index contributed by atoms with van der Waals surface area (Å²) >= 11 is 4.73. The lowest BCUT2D eigenvalue weighted by Gasteiger charge is -2.10. The molecule has 0 saturated carbocycles. The standard InChI is InChI=1S/C19H17BrN2O5S/c1-25-14-6-4-5-12(17(14)27-3)18(24)21-19-22(10-16(23)26-2)13-8-7-11(20)9-15(13)28-19/h4-9H,10H2,1-3H3. The molecule has 3 rings (SSSR count). The van der Waals surface area contributed by atoms with Gasteiger partial charge in [0.1, 0.15) is 6.54 Å². The molecular weight excluding hydrogens is 448 g/mol. The summed E-state index contributed by atoms with van der Waals surface area (Å²) in [6, 6.07) is 10.6. The number of hydrogen-bond donors (Lipinski definition) is 0. The number of carbonyl (C=O) groups excluding carboxylic acids is 2. The van der Waals surface area contributed by atoms with Crippen molar-refractivity contribution in [3.05, 3.63) is 51.2 Å². The summed E-state index contributed by atoms with van der Waals surface area (Å²) in [5.74, 6) is -0.191. The maximum atomic E-state index is 12.9. The van der Waals surface area contributed by atoms with Gasteiger partial charge in [0.2, 0.25) is 0 Å². The highest BCUT2D eigenvalue weighted by molar-refractivity contribution is 9.10. The third kappa shape index (κ3) is 3.95. The van der Waals surface area contributed by atoms with Crippen molar-refractivity contribution in [1.82, 2.24) is 4.57 Å². The Bertz CT molecular complexity index is 1120. The van der Waals surface area contributed by atoms with E-state index < -0.39 is 11.9 Å². The van der Waals surface area contributed by atoms with Gasteiger partial charge in [-0.15, -0.1) is 0 Å². The van der Waals surface area contributed by atoms with Gasteiger partial charge in [-0.25, -0.2) is 0 Å². The van der Waals surface area contributed by atoms with Gasteiger partial charge < -0.3 is 18.8 Å². The number of methoxy groups -OCH3 is 3. The Balaban J connectivity index is 2.17. The summed E-state index contributed by atoms with van der Waals surface area (Å²) in [5, 5.41) is 0. The molecule has 0 unspecified atom stereocenters. The van der Waals surface area contributed by atoms with E-state index >= 15 is 0 Å². The van der Waals surface area contributed by atoms with Crippen LogP contribution in [0, 0.1) is 0 Å². The van der Waals surface area contributed by atoms with E-state index in [-0.39, 0.29) is 12.1 Å². The normalized spacial score (nSPS) is 11.5. The number of rotatable bonds is 5. The van der Waals surface area contributed by atoms with Crippen molar-refractivity contribution in [2.45, 2.75) is 6.54 Å². The Hall–Kier alpha value is -2.65. The number of benzene rings is 2. The third-order valence-electron chi connectivity index (χ3n) is 3.99. The first-order valence-corrected chi connectivity index (χ1v) is 9.75. The van der Waals surface area contributed by atoms with Crippen molar-refractivity contribution >= 4 is 49.4 Å². The molecule has 7 nitrogen and oxygen atoms in total. The molecule has 0 radical (unpaired) electrons. The Morgan fingerprint density at radius 2 is 1.93 bits per heavy atom. The van der Waals surface area contributed by atoms with Gasteiger partial charge in [0.15, 0.2) is 16.3 Å². The van der Waals surface area contributed by atoms with Crippen LogP contribution in [-0.4, -0.2) is 37.8 Å². The number of aromatic nitrogens is 1. The van der Waals surface area contributed by atoms with Crippen LogP contribution in [-0.2, 0) is 16.1 Å². The smallest absolute Gasteiger partial charge is 0.325 e. The molecule has 0 fully saturated rings. The van der Waals surface area contributed by atoms with Gasteiger partial charge in [-0.2, -0.15) is 4.99 Å². The fourth-order valence-electron chi connectivity index (χ4n) is 2.68. The highest BCUT2D eigenvalue weighted by atomic mass is 79.9. The Labute approximate surface area is 173 Å². The monoisotopic (exact) mass is 464 g/mol. The molecule has 9 heteroatoms. The quantitative estimate of drug-likeness (QED) is 0.540. The van der Waals surface area contributed by atoms with Gasteiger partial charge in [0, 0.05) is 4.47 Å². The summed E-state index contributed by atoms with van der Waals surface area (Å²) in [6.07, 6.45) is 0. The van der Waals surface area contributed by atoms with Crippen LogP contribution in [0.2, 0.25) is 0 Å². The highest BCUT2D eigenvalue weighted by Gasteiger charge is 2.17. The molecule has 0 spiro atoms. The van der Waals surface area contributed by atoms with Crippen LogP contribution in [0.25, 0.3) is 10.2 Å². The van der Waals surface area contributed by atoms with E-state index in [1.165, 1.54) is 32.7 Å². The zero-order valence-electron chi connectivity index (χ0n) is 15.4. The second kappa shape index (κ2) is 8.57. The largest absolute Gasteiger partial charge is 0.493 e. The maximum Gasteiger partial charge on any atom is 0.325 e. The zero-order valence-corrected chi connectivity index (χ0v) is 17.8. The summed E-state index contributed by atoms with van der Waals surface area (Å²) in [6.45, 7) is -0.0561. The summed E-state index contributed by atoms with van der Waals surface area (Å²) in [4.78, 5) is 29.4. The first-order valence-electron chi connectivity index (χ1n) is 8.14. The van der Waals surface area contributed by atoms with E-state index in [9.17, 15) is 9.59 Å². The number of thiazole rings is 1. The molecule has 1 amide bonds. The molecule has 0 saturated heterocycles. The summed E-state index contributed by atoms with van der Waals surface area (Å²) in [7, 11) is 4.28. The average molecular weight is 465 g/mol. The van der Waals surface area contributed by atoms with E-state index in [0.29, 0.717) is 16.3 Å². The van der Waals surface area contributed by atoms with E-state index in [1.54, 1.807) is 22.8 Å². The lowest BCUT2D eigenvalue weighted by Crippen LogP contribution is -2.22. The first-order chi connectivity index (χ1) is 13.5. The second-order valence-corrected chi connectivity index (χ2v) is 7.54. The number of para-hydroxylation sites is 1. The number of carbonyl (C=O) groups is 2. The van der Waals surface area contributed by atoms with Gasteiger partial charge >= 0.3 is 5.97 Å². The molecule has 1 heterocycles. The highest BCUT2D eigenvalue weighted by Crippen LogP contribution is 2.31. The minimum atomic E-state index is -0.500. The molecule has 0 atom stereocenters. The minimum Gasteiger partial charge on any atom is -0.493 e. The molecule has 0 aliphatic heterocycles. The number of esters is 1. The fraction of sp³-hybridized carbons (Fsp3) is 0.211. The molecule has 146 valence electrons. The van der Waals surface area contributed by atoms with Gasteiger partial charge in [-0.3, -0.25) is 9.59 Å². The number of nitrogens with zero attached hydrogens (tertiary/aromatic N) is 2. The Kier molecular flexibility index (Phi) is 6.15. The molecular formula is C19H17BrN2O5S. The van der Waals surface area contributed by atoms with Crippen molar-refractivity contribution in [3.63, 3.8) is 0 Å². The Morgan fingerprint density at radius 3 is 2.61 bits per heavy atom. The molecule has 1 aromatic heterocycles. The molecule has 0 aliphatic rings. The van der Waals surface area contributed by atoms with Crippen LogP contribution in [0.3, 0.4) is 0 Å². The molecule has 2 aromatic carbocycles.